The highest BCUT2D eigenvalue weighted by molar-refractivity contribution is 5.97. The summed E-state index contributed by atoms with van der Waals surface area (Å²) in [4.78, 5) is 24.4. The molecule has 0 aromatic heterocycles. The quantitative estimate of drug-likeness (QED) is 0.737. The van der Waals surface area contributed by atoms with Crippen molar-refractivity contribution in [2.45, 2.75) is 59.4 Å². The minimum atomic E-state index is -0.0924. The van der Waals surface area contributed by atoms with Crippen molar-refractivity contribution >= 4 is 17.5 Å². The molecule has 2 N–H and O–H groups in total. The smallest absolute Gasteiger partial charge is 0.251 e. The first kappa shape index (κ1) is 20.7. The second-order valence-electron chi connectivity index (χ2n) is 7.60. The van der Waals surface area contributed by atoms with Crippen molar-refractivity contribution in [3.63, 3.8) is 0 Å². The molecule has 2 aromatic rings. The van der Waals surface area contributed by atoms with Gasteiger partial charge >= 0.3 is 0 Å². The van der Waals surface area contributed by atoms with Crippen LogP contribution in [-0.2, 0) is 11.2 Å². The van der Waals surface area contributed by atoms with Gasteiger partial charge in [0.05, 0.1) is 0 Å². The Morgan fingerprint density at radius 3 is 2.19 bits per heavy atom. The van der Waals surface area contributed by atoms with Crippen molar-refractivity contribution < 1.29 is 9.59 Å². The maximum absolute atomic E-state index is 12.2. The standard InChI is InChI=1S/C23H30N2O2/c1-15(2)19-9-6-18(7-10-19)8-13-22(26)25-20-11-12-21(17(5)14-20)23(27)24-16(3)4/h6-7,9-12,14-16H,8,13H2,1-5H3,(H,24,27)(H,25,26). The summed E-state index contributed by atoms with van der Waals surface area (Å²) in [5, 5.41) is 5.80. The van der Waals surface area contributed by atoms with Crippen molar-refractivity contribution in [1.29, 1.82) is 0 Å². The summed E-state index contributed by atoms with van der Waals surface area (Å²) in [6.07, 6.45) is 1.13. The molecule has 0 radical (unpaired) electrons. The van der Waals surface area contributed by atoms with Gasteiger partial charge in [-0.1, -0.05) is 38.1 Å². The van der Waals surface area contributed by atoms with Crippen molar-refractivity contribution in [1.82, 2.24) is 5.32 Å². The summed E-state index contributed by atoms with van der Waals surface area (Å²) in [6.45, 7) is 10.1. The summed E-state index contributed by atoms with van der Waals surface area (Å²) in [5.41, 5.74) is 4.66. The number of aryl methyl sites for hydroxylation is 2. The monoisotopic (exact) mass is 366 g/mol. The molecule has 4 heteroatoms. The van der Waals surface area contributed by atoms with E-state index in [9.17, 15) is 9.59 Å². The van der Waals surface area contributed by atoms with Gasteiger partial charge in [0.25, 0.3) is 5.91 Å². The van der Waals surface area contributed by atoms with Gasteiger partial charge in [-0.25, -0.2) is 0 Å². The lowest BCUT2D eigenvalue weighted by molar-refractivity contribution is -0.116. The maximum atomic E-state index is 12.2. The zero-order valence-electron chi connectivity index (χ0n) is 16.9. The molecule has 2 aromatic carbocycles. The molecular weight excluding hydrogens is 336 g/mol. The molecule has 0 saturated carbocycles. The molecule has 0 fully saturated rings. The SMILES string of the molecule is Cc1cc(NC(=O)CCc2ccc(C(C)C)cc2)ccc1C(=O)NC(C)C. The van der Waals surface area contributed by atoms with Crippen LogP contribution in [0.1, 0.15) is 67.1 Å². The number of amides is 2. The van der Waals surface area contributed by atoms with Crippen molar-refractivity contribution in [2.24, 2.45) is 0 Å². The van der Waals surface area contributed by atoms with Gasteiger partial charge in [-0.3, -0.25) is 9.59 Å². The van der Waals surface area contributed by atoms with E-state index in [1.54, 1.807) is 12.1 Å². The van der Waals surface area contributed by atoms with Gasteiger partial charge in [0, 0.05) is 23.7 Å². The van der Waals surface area contributed by atoms with Crippen LogP contribution >= 0.6 is 0 Å². The van der Waals surface area contributed by atoms with Crippen molar-refractivity contribution in [3.8, 4) is 0 Å². The second-order valence-corrected chi connectivity index (χ2v) is 7.60. The topological polar surface area (TPSA) is 58.2 Å². The molecule has 0 bridgehead atoms. The van der Waals surface area contributed by atoms with E-state index in [1.807, 2.05) is 26.8 Å². The Kier molecular flexibility index (Phi) is 7.17. The summed E-state index contributed by atoms with van der Waals surface area (Å²) in [7, 11) is 0. The Balaban J connectivity index is 1.91. The molecule has 27 heavy (non-hydrogen) atoms. The highest BCUT2D eigenvalue weighted by atomic mass is 16.2. The Morgan fingerprint density at radius 2 is 1.63 bits per heavy atom. The first-order chi connectivity index (χ1) is 12.8. The van der Waals surface area contributed by atoms with E-state index in [-0.39, 0.29) is 17.9 Å². The van der Waals surface area contributed by atoms with Crippen LogP contribution in [0.25, 0.3) is 0 Å². The third-order valence-corrected chi connectivity index (χ3v) is 4.46. The van der Waals surface area contributed by atoms with Crippen LogP contribution in [0.15, 0.2) is 42.5 Å². The Bertz CT molecular complexity index is 793. The first-order valence-electron chi connectivity index (χ1n) is 9.56. The van der Waals surface area contributed by atoms with Gasteiger partial charge in [0.1, 0.15) is 0 Å². The highest BCUT2D eigenvalue weighted by Gasteiger charge is 2.11. The van der Waals surface area contributed by atoms with E-state index in [4.69, 9.17) is 0 Å². The van der Waals surface area contributed by atoms with E-state index >= 15 is 0 Å². The summed E-state index contributed by atoms with van der Waals surface area (Å²) < 4.78 is 0. The first-order valence-corrected chi connectivity index (χ1v) is 9.56. The third-order valence-electron chi connectivity index (χ3n) is 4.46. The molecule has 0 heterocycles. The fourth-order valence-electron chi connectivity index (χ4n) is 2.89. The molecule has 0 spiro atoms. The van der Waals surface area contributed by atoms with Gasteiger partial charge in [-0.2, -0.15) is 0 Å². The molecule has 0 atom stereocenters. The molecule has 2 amide bonds. The number of rotatable bonds is 7. The number of hydrogen-bond donors (Lipinski definition) is 2. The molecule has 0 aliphatic heterocycles. The van der Waals surface area contributed by atoms with Crippen LogP contribution < -0.4 is 10.6 Å². The number of hydrogen-bond acceptors (Lipinski definition) is 2. The van der Waals surface area contributed by atoms with Gasteiger partial charge in [0.2, 0.25) is 5.91 Å². The lowest BCUT2D eigenvalue weighted by Gasteiger charge is -2.12. The third kappa shape index (κ3) is 6.24. The predicted octanol–water partition coefficient (Wildman–Crippen LogP) is 4.83. The Morgan fingerprint density at radius 1 is 0.963 bits per heavy atom. The fourth-order valence-corrected chi connectivity index (χ4v) is 2.89. The molecule has 2 rings (SSSR count). The van der Waals surface area contributed by atoms with E-state index in [1.165, 1.54) is 5.56 Å². The van der Waals surface area contributed by atoms with Crippen LogP contribution in [0.4, 0.5) is 5.69 Å². The van der Waals surface area contributed by atoms with Gasteiger partial charge in [0.15, 0.2) is 0 Å². The predicted molar refractivity (Wildman–Crippen MR) is 111 cm³/mol. The van der Waals surface area contributed by atoms with Crippen LogP contribution in [0.3, 0.4) is 0 Å². The zero-order valence-corrected chi connectivity index (χ0v) is 16.9. The van der Waals surface area contributed by atoms with Crippen LogP contribution in [0.5, 0.6) is 0 Å². The van der Waals surface area contributed by atoms with Gasteiger partial charge in [-0.05, 0) is 68.0 Å². The fraction of sp³-hybridized carbons (Fsp3) is 0.391. The average Bonchev–Trinajstić information content (AvgIpc) is 2.59. The zero-order chi connectivity index (χ0) is 20.0. The van der Waals surface area contributed by atoms with E-state index in [0.29, 0.717) is 30.0 Å². The molecule has 144 valence electrons. The normalized spacial score (nSPS) is 10.9. The second kappa shape index (κ2) is 9.36. The molecule has 0 saturated heterocycles. The lowest BCUT2D eigenvalue weighted by atomic mass is 10.0. The number of anilines is 1. The number of benzene rings is 2. The summed E-state index contributed by atoms with van der Waals surface area (Å²) >= 11 is 0. The van der Waals surface area contributed by atoms with E-state index < -0.39 is 0 Å². The summed E-state index contributed by atoms with van der Waals surface area (Å²) in [5.74, 6) is 0.392. The van der Waals surface area contributed by atoms with Crippen molar-refractivity contribution in [3.05, 3.63) is 64.7 Å². The van der Waals surface area contributed by atoms with Gasteiger partial charge < -0.3 is 10.6 Å². The number of carbonyl (C=O) groups excluding carboxylic acids is 2. The van der Waals surface area contributed by atoms with Gasteiger partial charge in [-0.15, -0.1) is 0 Å². The maximum Gasteiger partial charge on any atom is 0.251 e. The summed E-state index contributed by atoms with van der Waals surface area (Å²) in [6, 6.07) is 13.9. The molecule has 0 aliphatic rings. The minimum Gasteiger partial charge on any atom is -0.350 e. The van der Waals surface area contributed by atoms with E-state index in [0.717, 1.165) is 11.1 Å². The van der Waals surface area contributed by atoms with Crippen molar-refractivity contribution in [2.75, 3.05) is 5.32 Å². The Labute approximate surface area is 162 Å². The number of carbonyl (C=O) groups is 2. The van der Waals surface area contributed by atoms with Crippen LogP contribution in [-0.4, -0.2) is 17.9 Å². The molecular formula is C23H30N2O2. The Hall–Kier alpha value is -2.62. The van der Waals surface area contributed by atoms with E-state index in [2.05, 4.69) is 48.7 Å². The highest BCUT2D eigenvalue weighted by Crippen LogP contribution is 2.17. The molecule has 4 nitrogen and oxygen atoms in total. The molecule has 0 unspecified atom stereocenters. The van der Waals surface area contributed by atoms with Crippen LogP contribution in [0.2, 0.25) is 0 Å². The average molecular weight is 367 g/mol. The van der Waals surface area contributed by atoms with Crippen LogP contribution in [0, 0.1) is 6.92 Å². The molecule has 0 aliphatic carbocycles. The largest absolute Gasteiger partial charge is 0.350 e. The number of nitrogens with one attached hydrogen (secondary N) is 2. The lowest BCUT2D eigenvalue weighted by Crippen LogP contribution is -2.30. The minimum absolute atomic E-state index is 0.0262.